The molecule has 1 aromatic rings. The highest BCUT2D eigenvalue weighted by Crippen LogP contribution is 2.23. The standard InChI is InChI=1S/C10H19N3/c1-5-7(2)9(4)13-10(11)8(3)6-12-13/h6-7,9H,5,11H2,1-4H3. The zero-order chi connectivity index (χ0) is 10.0. The molecule has 2 unspecified atom stereocenters. The predicted octanol–water partition coefficient (Wildman–Crippen LogP) is 2.38. The molecule has 0 aliphatic carbocycles. The molecule has 3 nitrogen and oxygen atoms in total. The van der Waals surface area contributed by atoms with Crippen molar-refractivity contribution in [2.24, 2.45) is 5.92 Å². The van der Waals surface area contributed by atoms with Crippen molar-refractivity contribution in [3.05, 3.63) is 11.8 Å². The highest BCUT2D eigenvalue weighted by molar-refractivity contribution is 5.37. The highest BCUT2D eigenvalue weighted by Gasteiger charge is 2.15. The van der Waals surface area contributed by atoms with Gasteiger partial charge in [0.05, 0.1) is 12.2 Å². The Balaban J connectivity index is 2.88. The third kappa shape index (κ3) is 1.85. The van der Waals surface area contributed by atoms with Crippen LogP contribution in [0.5, 0.6) is 0 Å². The summed E-state index contributed by atoms with van der Waals surface area (Å²) in [5.74, 6) is 1.41. The van der Waals surface area contributed by atoms with Gasteiger partial charge in [-0.1, -0.05) is 20.3 Å². The van der Waals surface area contributed by atoms with Gasteiger partial charge in [0.1, 0.15) is 5.82 Å². The Kier molecular flexibility index (Phi) is 2.96. The zero-order valence-electron chi connectivity index (χ0n) is 8.91. The number of aryl methyl sites for hydroxylation is 1. The maximum atomic E-state index is 5.90. The maximum Gasteiger partial charge on any atom is 0.124 e. The summed E-state index contributed by atoms with van der Waals surface area (Å²) in [7, 11) is 0. The molecule has 0 fully saturated rings. The number of hydrogen-bond donors (Lipinski definition) is 1. The van der Waals surface area contributed by atoms with Gasteiger partial charge in [0.15, 0.2) is 0 Å². The van der Waals surface area contributed by atoms with E-state index in [9.17, 15) is 0 Å². The van der Waals surface area contributed by atoms with Gasteiger partial charge in [-0.3, -0.25) is 0 Å². The van der Waals surface area contributed by atoms with Crippen LogP contribution < -0.4 is 5.73 Å². The highest BCUT2D eigenvalue weighted by atomic mass is 15.3. The summed E-state index contributed by atoms with van der Waals surface area (Å²) in [6.45, 7) is 8.56. The fourth-order valence-electron chi connectivity index (χ4n) is 1.36. The van der Waals surface area contributed by atoms with Crippen molar-refractivity contribution >= 4 is 5.82 Å². The van der Waals surface area contributed by atoms with Gasteiger partial charge in [0, 0.05) is 5.56 Å². The number of rotatable bonds is 3. The van der Waals surface area contributed by atoms with E-state index in [4.69, 9.17) is 5.73 Å². The normalized spacial score (nSPS) is 15.7. The van der Waals surface area contributed by atoms with E-state index in [1.807, 2.05) is 17.8 Å². The lowest BCUT2D eigenvalue weighted by molar-refractivity contribution is 0.347. The van der Waals surface area contributed by atoms with Gasteiger partial charge in [-0.2, -0.15) is 5.10 Å². The van der Waals surface area contributed by atoms with Gasteiger partial charge in [-0.25, -0.2) is 4.68 Å². The summed E-state index contributed by atoms with van der Waals surface area (Å²) < 4.78 is 1.92. The van der Waals surface area contributed by atoms with Gasteiger partial charge >= 0.3 is 0 Å². The van der Waals surface area contributed by atoms with Crippen LogP contribution in [0.4, 0.5) is 5.82 Å². The molecule has 0 aliphatic rings. The quantitative estimate of drug-likeness (QED) is 0.778. The van der Waals surface area contributed by atoms with Crippen LogP contribution in [0.3, 0.4) is 0 Å². The molecule has 74 valence electrons. The molecule has 0 aliphatic heterocycles. The molecule has 0 radical (unpaired) electrons. The van der Waals surface area contributed by atoms with E-state index in [1.54, 1.807) is 0 Å². The molecular formula is C10H19N3. The fraction of sp³-hybridized carbons (Fsp3) is 0.700. The topological polar surface area (TPSA) is 43.8 Å². The lowest BCUT2D eigenvalue weighted by Gasteiger charge is -2.20. The minimum Gasteiger partial charge on any atom is -0.384 e. The Labute approximate surface area is 79.9 Å². The van der Waals surface area contributed by atoms with Crippen molar-refractivity contribution in [1.82, 2.24) is 9.78 Å². The monoisotopic (exact) mass is 181 g/mol. The number of nitrogens with zero attached hydrogens (tertiary/aromatic N) is 2. The number of nitrogens with two attached hydrogens (primary N) is 1. The summed E-state index contributed by atoms with van der Waals surface area (Å²) in [6, 6.07) is 0.388. The van der Waals surface area contributed by atoms with E-state index in [-0.39, 0.29) is 0 Å². The van der Waals surface area contributed by atoms with Crippen molar-refractivity contribution in [2.45, 2.75) is 40.2 Å². The summed E-state index contributed by atoms with van der Waals surface area (Å²) in [4.78, 5) is 0. The molecule has 13 heavy (non-hydrogen) atoms. The van der Waals surface area contributed by atoms with E-state index in [0.29, 0.717) is 12.0 Å². The second-order valence-electron chi connectivity index (χ2n) is 3.78. The van der Waals surface area contributed by atoms with Crippen molar-refractivity contribution in [3.8, 4) is 0 Å². The van der Waals surface area contributed by atoms with Gasteiger partial charge in [-0.05, 0) is 19.8 Å². The van der Waals surface area contributed by atoms with Crippen LogP contribution in [-0.4, -0.2) is 9.78 Å². The lowest BCUT2D eigenvalue weighted by atomic mass is 10.0. The summed E-state index contributed by atoms with van der Waals surface area (Å²) in [6.07, 6.45) is 2.98. The van der Waals surface area contributed by atoms with Crippen molar-refractivity contribution in [2.75, 3.05) is 5.73 Å². The SMILES string of the molecule is CCC(C)C(C)n1ncc(C)c1N. The number of anilines is 1. The minimum atomic E-state index is 0.388. The molecule has 2 N–H and O–H groups in total. The number of nitrogen functional groups attached to an aromatic ring is 1. The van der Waals surface area contributed by atoms with Crippen LogP contribution in [0.25, 0.3) is 0 Å². The predicted molar refractivity (Wildman–Crippen MR) is 55.5 cm³/mol. The van der Waals surface area contributed by atoms with Crippen LogP contribution in [0.2, 0.25) is 0 Å². The maximum absolute atomic E-state index is 5.90. The Morgan fingerprint density at radius 3 is 2.54 bits per heavy atom. The molecule has 1 rings (SSSR count). The number of hydrogen-bond acceptors (Lipinski definition) is 2. The molecule has 0 saturated carbocycles. The Morgan fingerprint density at radius 2 is 2.15 bits per heavy atom. The molecule has 2 atom stereocenters. The third-order valence-corrected chi connectivity index (χ3v) is 2.88. The molecule has 1 heterocycles. The first-order chi connectivity index (χ1) is 6.07. The van der Waals surface area contributed by atoms with Crippen LogP contribution in [-0.2, 0) is 0 Å². The van der Waals surface area contributed by atoms with E-state index in [2.05, 4.69) is 25.9 Å². The largest absolute Gasteiger partial charge is 0.384 e. The summed E-state index contributed by atoms with van der Waals surface area (Å²) in [5.41, 5.74) is 6.96. The molecule has 0 saturated heterocycles. The van der Waals surface area contributed by atoms with E-state index in [0.717, 1.165) is 17.8 Å². The summed E-state index contributed by atoms with van der Waals surface area (Å²) >= 11 is 0. The first kappa shape index (κ1) is 10.1. The zero-order valence-corrected chi connectivity index (χ0v) is 8.91. The smallest absolute Gasteiger partial charge is 0.124 e. The van der Waals surface area contributed by atoms with Crippen LogP contribution in [0.1, 0.15) is 38.8 Å². The molecule has 1 aromatic heterocycles. The fourth-order valence-corrected chi connectivity index (χ4v) is 1.36. The second kappa shape index (κ2) is 3.81. The Morgan fingerprint density at radius 1 is 1.54 bits per heavy atom. The average Bonchev–Trinajstić information content (AvgIpc) is 2.45. The van der Waals surface area contributed by atoms with Gasteiger partial charge in [0.25, 0.3) is 0 Å². The molecule has 0 spiro atoms. The lowest BCUT2D eigenvalue weighted by Crippen LogP contribution is -2.16. The Hall–Kier alpha value is -0.990. The van der Waals surface area contributed by atoms with Crippen LogP contribution in [0, 0.1) is 12.8 Å². The molecular weight excluding hydrogens is 162 g/mol. The Bertz CT molecular complexity index is 278. The van der Waals surface area contributed by atoms with Crippen molar-refractivity contribution in [3.63, 3.8) is 0 Å². The molecule has 0 aromatic carbocycles. The molecule has 0 bridgehead atoms. The van der Waals surface area contributed by atoms with Gasteiger partial charge in [-0.15, -0.1) is 0 Å². The number of aromatic nitrogens is 2. The first-order valence-electron chi connectivity index (χ1n) is 4.87. The third-order valence-electron chi connectivity index (χ3n) is 2.88. The van der Waals surface area contributed by atoms with E-state index in [1.165, 1.54) is 0 Å². The summed E-state index contributed by atoms with van der Waals surface area (Å²) in [5, 5.41) is 4.28. The van der Waals surface area contributed by atoms with Crippen LogP contribution in [0.15, 0.2) is 6.20 Å². The first-order valence-corrected chi connectivity index (χ1v) is 4.87. The van der Waals surface area contributed by atoms with Gasteiger partial charge < -0.3 is 5.73 Å². The minimum absolute atomic E-state index is 0.388. The second-order valence-corrected chi connectivity index (χ2v) is 3.78. The van der Waals surface area contributed by atoms with Gasteiger partial charge in [0.2, 0.25) is 0 Å². The van der Waals surface area contributed by atoms with Crippen LogP contribution >= 0.6 is 0 Å². The van der Waals surface area contributed by atoms with E-state index >= 15 is 0 Å². The molecule has 0 amide bonds. The van der Waals surface area contributed by atoms with E-state index < -0.39 is 0 Å². The van der Waals surface area contributed by atoms with Crippen molar-refractivity contribution in [1.29, 1.82) is 0 Å². The van der Waals surface area contributed by atoms with Crippen molar-refractivity contribution < 1.29 is 0 Å². The average molecular weight is 181 g/mol. The molecule has 3 heteroatoms.